The highest BCUT2D eigenvalue weighted by atomic mass is 32.2. The summed E-state index contributed by atoms with van der Waals surface area (Å²) < 4.78 is 38.8. The number of anilines is 1. The van der Waals surface area contributed by atoms with Crippen LogP contribution in [0.5, 0.6) is 0 Å². The minimum absolute atomic E-state index is 0.240. The Morgan fingerprint density at radius 3 is 2.58 bits per heavy atom. The molecule has 1 amide bonds. The minimum atomic E-state index is -4.68. The number of nitrogens with one attached hydrogen (secondary N) is 2. The maximum Gasteiger partial charge on any atom is 0.418 e. The summed E-state index contributed by atoms with van der Waals surface area (Å²) in [4.78, 5) is 23.2. The van der Waals surface area contributed by atoms with E-state index in [9.17, 15) is 22.8 Å². The minimum Gasteiger partial charge on any atom is -0.480 e. The van der Waals surface area contributed by atoms with Crippen LogP contribution in [-0.2, 0) is 15.8 Å². The number of rotatable bonds is 8. The fraction of sp³-hybridized carbons (Fsp3) is 0.312. The Kier molecular flexibility index (Phi) is 7.99. The van der Waals surface area contributed by atoms with Crippen LogP contribution in [-0.4, -0.2) is 35.0 Å². The average molecular weight is 387 g/mol. The maximum absolute atomic E-state index is 12.9. The third-order valence-corrected chi connectivity index (χ3v) is 3.83. The van der Waals surface area contributed by atoms with Crippen LogP contribution in [0.1, 0.15) is 12.0 Å². The summed E-state index contributed by atoms with van der Waals surface area (Å²) in [6, 6.07) is 4.84. The molecule has 0 heterocycles. The number of aliphatic carboxylic acids is 1. The Balaban J connectivity index is 2.94. The van der Waals surface area contributed by atoms with Crippen molar-refractivity contribution >= 4 is 29.3 Å². The SMILES string of the molecule is CSCCC(N/C=C(/C#N)C(=O)Nc1ccccc1C(F)(F)F)C(=O)O. The number of hydrogen-bond donors (Lipinski definition) is 3. The molecule has 1 aromatic carbocycles. The normalized spacial score (nSPS) is 12.8. The lowest BCUT2D eigenvalue weighted by molar-refractivity contribution is -0.139. The molecule has 0 radical (unpaired) electrons. The molecule has 0 aliphatic heterocycles. The molecule has 3 N–H and O–H groups in total. The van der Waals surface area contributed by atoms with E-state index in [4.69, 9.17) is 10.4 Å². The zero-order chi connectivity index (χ0) is 19.7. The van der Waals surface area contributed by atoms with Gasteiger partial charge >= 0.3 is 12.1 Å². The van der Waals surface area contributed by atoms with Gasteiger partial charge in [0.15, 0.2) is 0 Å². The lowest BCUT2D eigenvalue weighted by Crippen LogP contribution is -2.34. The van der Waals surface area contributed by atoms with Crippen molar-refractivity contribution in [3.8, 4) is 6.07 Å². The first-order chi connectivity index (χ1) is 12.2. The first-order valence-electron chi connectivity index (χ1n) is 7.26. The Morgan fingerprint density at radius 1 is 1.38 bits per heavy atom. The summed E-state index contributed by atoms with van der Waals surface area (Å²) in [6.45, 7) is 0. The van der Waals surface area contributed by atoms with E-state index in [1.54, 1.807) is 6.26 Å². The van der Waals surface area contributed by atoms with Crippen molar-refractivity contribution in [3.05, 3.63) is 41.6 Å². The van der Waals surface area contributed by atoms with Crippen LogP contribution in [0.3, 0.4) is 0 Å². The molecule has 1 rings (SSSR count). The van der Waals surface area contributed by atoms with E-state index in [1.165, 1.54) is 30.0 Å². The number of halogens is 3. The number of nitrogens with zero attached hydrogens (tertiary/aromatic N) is 1. The van der Waals surface area contributed by atoms with E-state index in [0.717, 1.165) is 18.3 Å². The van der Waals surface area contributed by atoms with Gasteiger partial charge in [0.1, 0.15) is 17.7 Å². The van der Waals surface area contributed by atoms with Crippen molar-refractivity contribution in [1.29, 1.82) is 5.26 Å². The number of carbonyl (C=O) groups excluding carboxylic acids is 1. The molecule has 140 valence electrons. The van der Waals surface area contributed by atoms with Crippen LogP contribution in [0, 0.1) is 11.3 Å². The number of thioether (sulfide) groups is 1. The van der Waals surface area contributed by atoms with Crippen LogP contribution in [0.4, 0.5) is 18.9 Å². The molecule has 26 heavy (non-hydrogen) atoms. The average Bonchev–Trinajstić information content (AvgIpc) is 2.57. The van der Waals surface area contributed by atoms with Gasteiger partial charge in [-0.2, -0.15) is 30.2 Å². The third-order valence-electron chi connectivity index (χ3n) is 3.18. The number of benzene rings is 1. The molecule has 1 atom stereocenters. The number of alkyl halides is 3. The van der Waals surface area contributed by atoms with Crippen molar-refractivity contribution < 1.29 is 27.9 Å². The number of hydrogen-bond acceptors (Lipinski definition) is 5. The van der Waals surface area contributed by atoms with E-state index < -0.39 is 40.9 Å². The highest BCUT2D eigenvalue weighted by molar-refractivity contribution is 7.98. The summed E-state index contributed by atoms with van der Waals surface area (Å²) in [7, 11) is 0. The Labute approximate surface area is 152 Å². The molecule has 0 saturated heterocycles. The summed E-state index contributed by atoms with van der Waals surface area (Å²) in [5, 5.41) is 22.6. The Bertz CT molecular complexity index is 729. The van der Waals surface area contributed by atoms with Crippen LogP contribution >= 0.6 is 11.8 Å². The Hall–Kier alpha value is -2.67. The molecule has 0 fully saturated rings. The van der Waals surface area contributed by atoms with Crippen LogP contribution in [0.15, 0.2) is 36.0 Å². The molecule has 10 heteroatoms. The van der Waals surface area contributed by atoms with Crippen LogP contribution < -0.4 is 10.6 Å². The molecule has 1 unspecified atom stereocenters. The number of carbonyl (C=O) groups is 2. The van der Waals surface area contributed by atoms with Crippen molar-refractivity contribution in [2.24, 2.45) is 0 Å². The topological polar surface area (TPSA) is 102 Å². The fourth-order valence-electron chi connectivity index (χ4n) is 1.88. The monoisotopic (exact) mass is 387 g/mol. The number of carboxylic acid groups (broad SMARTS) is 1. The van der Waals surface area contributed by atoms with Gasteiger partial charge in [0.25, 0.3) is 5.91 Å². The lowest BCUT2D eigenvalue weighted by atomic mass is 10.1. The molecular formula is C16H16F3N3O3S. The van der Waals surface area contributed by atoms with Gasteiger partial charge in [0.2, 0.25) is 0 Å². The highest BCUT2D eigenvalue weighted by Crippen LogP contribution is 2.34. The molecule has 0 spiro atoms. The standard InChI is InChI=1S/C16H16F3N3O3S/c1-26-7-6-13(15(24)25)21-9-10(8-20)14(23)22-12-5-3-2-4-11(12)16(17,18)19/h2-5,9,13,21H,6-7H2,1H3,(H,22,23)(H,24,25)/b10-9-. The lowest BCUT2D eigenvalue weighted by Gasteiger charge is -2.14. The fourth-order valence-corrected chi connectivity index (χ4v) is 2.35. The van der Waals surface area contributed by atoms with Gasteiger partial charge in [-0.3, -0.25) is 4.79 Å². The van der Waals surface area contributed by atoms with Gasteiger partial charge < -0.3 is 15.7 Å². The zero-order valence-electron chi connectivity index (χ0n) is 13.6. The second-order valence-electron chi connectivity index (χ2n) is 5.01. The second-order valence-corrected chi connectivity index (χ2v) is 5.99. The van der Waals surface area contributed by atoms with Crippen LogP contribution in [0.25, 0.3) is 0 Å². The first kappa shape index (κ1) is 21.4. The molecule has 0 aromatic heterocycles. The van der Waals surface area contributed by atoms with Gasteiger partial charge in [-0.05, 0) is 30.6 Å². The Morgan fingerprint density at radius 2 is 2.04 bits per heavy atom. The molecule has 0 saturated carbocycles. The van der Waals surface area contributed by atoms with E-state index in [-0.39, 0.29) is 6.42 Å². The molecular weight excluding hydrogens is 371 g/mol. The zero-order valence-corrected chi connectivity index (χ0v) is 14.4. The second kappa shape index (κ2) is 9.72. The van der Waals surface area contributed by atoms with Gasteiger partial charge in [-0.25, -0.2) is 4.79 Å². The molecule has 6 nitrogen and oxygen atoms in total. The van der Waals surface area contributed by atoms with Crippen molar-refractivity contribution in [2.75, 3.05) is 17.3 Å². The third kappa shape index (κ3) is 6.33. The number of nitriles is 1. The van der Waals surface area contributed by atoms with Crippen molar-refractivity contribution in [2.45, 2.75) is 18.6 Å². The first-order valence-corrected chi connectivity index (χ1v) is 8.65. The smallest absolute Gasteiger partial charge is 0.418 e. The molecule has 1 aromatic rings. The van der Waals surface area contributed by atoms with Crippen LogP contribution in [0.2, 0.25) is 0 Å². The van der Waals surface area contributed by atoms with Crippen molar-refractivity contribution in [3.63, 3.8) is 0 Å². The number of para-hydroxylation sites is 1. The van der Waals surface area contributed by atoms with Gasteiger partial charge in [0, 0.05) is 6.20 Å². The van der Waals surface area contributed by atoms with Crippen molar-refractivity contribution in [1.82, 2.24) is 5.32 Å². The largest absolute Gasteiger partial charge is 0.480 e. The van der Waals surface area contributed by atoms with E-state index >= 15 is 0 Å². The summed E-state index contributed by atoms with van der Waals surface area (Å²) in [5.41, 5.74) is -2.09. The van der Waals surface area contributed by atoms with E-state index in [2.05, 4.69) is 5.32 Å². The number of amides is 1. The van der Waals surface area contributed by atoms with E-state index in [0.29, 0.717) is 5.75 Å². The van der Waals surface area contributed by atoms with Gasteiger partial charge in [0.05, 0.1) is 11.3 Å². The predicted octanol–water partition coefficient (Wildman–Crippen LogP) is 2.85. The predicted molar refractivity (Wildman–Crippen MR) is 91.3 cm³/mol. The summed E-state index contributed by atoms with van der Waals surface area (Å²) >= 11 is 1.42. The summed E-state index contributed by atoms with van der Waals surface area (Å²) in [6.07, 6.45) is -1.75. The van der Waals surface area contributed by atoms with Gasteiger partial charge in [-0.15, -0.1) is 0 Å². The quantitative estimate of drug-likeness (QED) is 0.468. The molecule has 0 bridgehead atoms. The van der Waals surface area contributed by atoms with Gasteiger partial charge in [-0.1, -0.05) is 12.1 Å². The van der Waals surface area contributed by atoms with E-state index in [1.807, 2.05) is 5.32 Å². The molecule has 0 aliphatic rings. The summed E-state index contributed by atoms with van der Waals surface area (Å²) in [5.74, 6) is -1.72. The maximum atomic E-state index is 12.9. The molecule has 0 aliphatic carbocycles. The highest BCUT2D eigenvalue weighted by Gasteiger charge is 2.33. The number of carboxylic acids is 1.